The van der Waals surface area contributed by atoms with Crippen molar-refractivity contribution in [2.24, 2.45) is 11.8 Å². The predicted molar refractivity (Wildman–Crippen MR) is 117 cm³/mol. The molecular weight excluding hydrogens is 404 g/mol. The van der Waals surface area contributed by atoms with Gasteiger partial charge >= 0.3 is 6.18 Å². The van der Waals surface area contributed by atoms with E-state index in [1.807, 2.05) is 0 Å². The van der Waals surface area contributed by atoms with Gasteiger partial charge in [-0.15, -0.1) is 0 Å². The van der Waals surface area contributed by atoms with Crippen molar-refractivity contribution in [1.82, 2.24) is 0 Å². The quantitative estimate of drug-likeness (QED) is 0.367. The first-order chi connectivity index (χ1) is 14.8. The van der Waals surface area contributed by atoms with Gasteiger partial charge in [0.1, 0.15) is 5.82 Å². The average molecular weight is 443 g/mol. The van der Waals surface area contributed by atoms with Gasteiger partial charge in [0, 0.05) is 6.61 Å². The van der Waals surface area contributed by atoms with Gasteiger partial charge in [-0.3, -0.25) is 0 Å². The van der Waals surface area contributed by atoms with Crippen LogP contribution in [0.15, 0.2) is 12.1 Å². The normalized spacial score (nSPS) is 27.4. The zero-order chi connectivity index (χ0) is 22.4. The third kappa shape index (κ3) is 6.46. The van der Waals surface area contributed by atoms with Gasteiger partial charge in [-0.25, -0.2) is 4.39 Å². The fourth-order valence-electron chi connectivity index (χ4n) is 5.63. The van der Waals surface area contributed by atoms with Crippen molar-refractivity contribution in [3.05, 3.63) is 34.6 Å². The zero-order valence-corrected chi connectivity index (χ0v) is 19.1. The fourth-order valence-corrected chi connectivity index (χ4v) is 5.63. The first kappa shape index (κ1) is 24.5. The van der Waals surface area contributed by atoms with Gasteiger partial charge in [0.25, 0.3) is 0 Å². The summed E-state index contributed by atoms with van der Waals surface area (Å²) in [4.78, 5) is 0. The second-order valence-corrected chi connectivity index (χ2v) is 9.73. The molecule has 2 aliphatic rings. The van der Waals surface area contributed by atoms with E-state index in [0.717, 1.165) is 64.2 Å². The van der Waals surface area contributed by atoms with E-state index in [1.54, 1.807) is 12.1 Å². The molecule has 31 heavy (non-hydrogen) atoms. The number of alkyl halides is 3. The van der Waals surface area contributed by atoms with Crippen LogP contribution in [0.2, 0.25) is 0 Å². The average Bonchev–Trinajstić information content (AvgIpc) is 2.73. The second-order valence-electron chi connectivity index (χ2n) is 9.73. The molecule has 1 aliphatic heterocycles. The number of ether oxygens (including phenoxy) is 1. The molecule has 176 valence electrons. The molecule has 0 radical (unpaired) electrons. The highest BCUT2D eigenvalue weighted by Gasteiger charge is 2.39. The minimum absolute atomic E-state index is 0.0921. The maximum Gasteiger partial charge on any atom is 0.419 e. The van der Waals surface area contributed by atoms with E-state index < -0.39 is 17.6 Å². The van der Waals surface area contributed by atoms with E-state index in [1.165, 1.54) is 0 Å². The molecule has 0 spiro atoms. The lowest BCUT2D eigenvalue weighted by molar-refractivity contribution is -0.140. The minimum atomic E-state index is -4.66. The van der Waals surface area contributed by atoms with E-state index >= 15 is 4.39 Å². The standard InChI is InChI=1S/C26H38F4O/c1-3-5-18-7-11-20(12-8-18)23-16-14-21(24(25(23)27)26(28,29)30)13-9-19-10-15-22(6-4-2)31-17-19/h14,16,18-20,22H,3-13,15,17H2,1-2H3. The van der Waals surface area contributed by atoms with E-state index in [9.17, 15) is 13.2 Å². The molecule has 2 unspecified atom stereocenters. The van der Waals surface area contributed by atoms with Gasteiger partial charge < -0.3 is 4.74 Å². The molecule has 1 aromatic rings. The summed E-state index contributed by atoms with van der Waals surface area (Å²) in [5.41, 5.74) is -0.653. The molecule has 0 N–H and O–H groups in total. The lowest BCUT2D eigenvalue weighted by atomic mass is 9.76. The number of hydrogen-bond donors (Lipinski definition) is 0. The van der Waals surface area contributed by atoms with Crippen molar-refractivity contribution in [2.45, 2.75) is 109 Å². The maximum absolute atomic E-state index is 15.2. The van der Waals surface area contributed by atoms with Crippen molar-refractivity contribution in [3.63, 3.8) is 0 Å². The van der Waals surface area contributed by atoms with Crippen molar-refractivity contribution in [1.29, 1.82) is 0 Å². The molecule has 1 saturated heterocycles. The Hall–Kier alpha value is -1.10. The van der Waals surface area contributed by atoms with Crippen molar-refractivity contribution in [3.8, 4) is 0 Å². The van der Waals surface area contributed by atoms with Crippen molar-refractivity contribution in [2.75, 3.05) is 6.61 Å². The van der Waals surface area contributed by atoms with Crippen molar-refractivity contribution < 1.29 is 22.3 Å². The Morgan fingerprint density at radius 1 is 0.871 bits per heavy atom. The molecule has 3 rings (SSSR count). The summed E-state index contributed by atoms with van der Waals surface area (Å²) >= 11 is 0. The van der Waals surface area contributed by atoms with E-state index in [0.29, 0.717) is 18.9 Å². The Morgan fingerprint density at radius 2 is 1.55 bits per heavy atom. The van der Waals surface area contributed by atoms with E-state index in [4.69, 9.17) is 4.74 Å². The van der Waals surface area contributed by atoms with Crippen LogP contribution in [-0.2, 0) is 17.3 Å². The van der Waals surface area contributed by atoms with Crippen LogP contribution >= 0.6 is 0 Å². The Morgan fingerprint density at radius 3 is 2.13 bits per heavy atom. The molecule has 0 amide bonds. The van der Waals surface area contributed by atoms with Crippen LogP contribution in [0.5, 0.6) is 0 Å². The molecule has 2 fully saturated rings. The molecule has 5 heteroatoms. The van der Waals surface area contributed by atoms with Gasteiger partial charge in [0.15, 0.2) is 0 Å². The number of halogens is 4. The molecule has 1 aromatic carbocycles. The fraction of sp³-hybridized carbons (Fsp3) is 0.769. The number of benzene rings is 1. The summed E-state index contributed by atoms with van der Waals surface area (Å²) in [7, 11) is 0. The summed E-state index contributed by atoms with van der Waals surface area (Å²) in [6.45, 7) is 4.89. The second kappa shape index (κ2) is 11.2. The van der Waals surface area contributed by atoms with Gasteiger partial charge in [-0.2, -0.15) is 13.2 Å². The smallest absolute Gasteiger partial charge is 0.378 e. The summed E-state index contributed by atoms with van der Waals surface area (Å²) in [5, 5.41) is 0. The summed E-state index contributed by atoms with van der Waals surface area (Å²) in [5.74, 6) is -0.219. The molecule has 1 heterocycles. The Labute approximate surface area is 184 Å². The molecular formula is C26H38F4O. The summed E-state index contributed by atoms with van der Waals surface area (Å²) < 4.78 is 62.7. The summed E-state index contributed by atoms with van der Waals surface area (Å²) in [6.07, 6.45) is 6.40. The highest BCUT2D eigenvalue weighted by atomic mass is 19.4. The van der Waals surface area contributed by atoms with E-state index in [2.05, 4.69) is 13.8 Å². The lowest BCUT2D eigenvalue weighted by Gasteiger charge is -2.30. The van der Waals surface area contributed by atoms with Crippen LogP contribution in [0.1, 0.15) is 107 Å². The maximum atomic E-state index is 15.2. The highest BCUT2D eigenvalue weighted by Crippen LogP contribution is 2.43. The molecule has 0 aromatic heterocycles. The first-order valence-electron chi connectivity index (χ1n) is 12.3. The third-order valence-corrected chi connectivity index (χ3v) is 7.42. The van der Waals surface area contributed by atoms with Crippen LogP contribution in [0.3, 0.4) is 0 Å². The Kier molecular flexibility index (Phi) is 8.83. The van der Waals surface area contributed by atoms with Crippen LogP contribution in [0.4, 0.5) is 17.6 Å². The topological polar surface area (TPSA) is 9.23 Å². The Bertz CT molecular complexity index is 683. The number of hydrogen-bond acceptors (Lipinski definition) is 1. The minimum Gasteiger partial charge on any atom is -0.378 e. The molecule has 0 bridgehead atoms. The van der Waals surface area contributed by atoms with Gasteiger partial charge in [0.05, 0.1) is 11.7 Å². The van der Waals surface area contributed by atoms with Crippen LogP contribution in [-0.4, -0.2) is 12.7 Å². The monoisotopic (exact) mass is 442 g/mol. The molecule has 1 saturated carbocycles. The van der Waals surface area contributed by atoms with Gasteiger partial charge in [-0.1, -0.05) is 45.2 Å². The third-order valence-electron chi connectivity index (χ3n) is 7.42. The molecule has 2 atom stereocenters. The SMILES string of the molecule is CCCC1CCC(c2ccc(CCC3CCC(CCC)OC3)c(C(F)(F)F)c2F)CC1. The summed E-state index contributed by atoms with van der Waals surface area (Å²) in [6, 6.07) is 3.18. The predicted octanol–water partition coefficient (Wildman–Crippen LogP) is 8.45. The van der Waals surface area contributed by atoms with Crippen LogP contribution in [0, 0.1) is 17.7 Å². The molecule has 1 nitrogen and oxygen atoms in total. The number of rotatable bonds is 8. The zero-order valence-electron chi connectivity index (χ0n) is 19.1. The molecule has 1 aliphatic carbocycles. The van der Waals surface area contributed by atoms with Crippen LogP contribution < -0.4 is 0 Å². The highest BCUT2D eigenvalue weighted by molar-refractivity contribution is 5.38. The largest absolute Gasteiger partial charge is 0.419 e. The van der Waals surface area contributed by atoms with Gasteiger partial charge in [-0.05, 0) is 86.7 Å². The van der Waals surface area contributed by atoms with Gasteiger partial charge in [0.2, 0.25) is 0 Å². The number of aryl methyl sites for hydroxylation is 1. The van der Waals surface area contributed by atoms with Crippen molar-refractivity contribution >= 4 is 0 Å². The first-order valence-corrected chi connectivity index (χ1v) is 12.3. The Balaban J connectivity index is 1.68. The lowest BCUT2D eigenvalue weighted by Crippen LogP contribution is -2.26. The van der Waals surface area contributed by atoms with E-state index in [-0.39, 0.29) is 35.5 Å². The van der Waals surface area contributed by atoms with Crippen LogP contribution in [0.25, 0.3) is 0 Å².